The second kappa shape index (κ2) is 7.92. The zero-order valence-electron chi connectivity index (χ0n) is 15.2. The summed E-state index contributed by atoms with van der Waals surface area (Å²) in [5.41, 5.74) is 2.42. The Labute approximate surface area is 158 Å². The van der Waals surface area contributed by atoms with Crippen molar-refractivity contribution < 1.29 is 14.3 Å². The number of ether oxygens (including phenoxy) is 1. The first-order valence-electron chi connectivity index (χ1n) is 9.50. The highest BCUT2D eigenvalue weighted by Gasteiger charge is 2.29. The molecule has 2 amide bonds. The molecule has 7 nitrogen and oxygen atoms in total. The van der Waals surface area contributed by atoms with Gasteiger partial charge in [-0.05, 0) is 49.9 Å². The number of amides is 2. The van der Waals surface area contributed by atoms with E-state index in [1.807, 2.05) is 18.3 Å². The molecule has 27 heavy (non-hydrogen) atoms. The number of nitrogens with one attached hydrogen (secondary N) is 2. The normalized spacial score (nSPS) is 19.0. The molecular weight excluding hydrogens is 344 g/mol. The summed E-state index contributed by atoms with van der Waals surface area (Å²) in [6, 6.07) is 7.30. The summed E-state index contributed by atoms with van der Waals surface area (Å²) in [5.74, 6) is 0.237. The monoisotopic (exact) mass is 368 g/mol. The van der Waals surface area contributed by atoms with Crippen molar-refractivity contribution in [2.75, 3.05) is 13.2 Å². The van der Waals surface area contributed by atoms with Crippen LogP contribution in [-0.2, 0) is 16.1 Å². The molecule has 1 aromatic heterocycles. The number of hydrogen-bond acceptors (Lipinski definition) is 4. The third-order valence-electron chi connectivity index (χ3n) is 4.96. The highest BCUT2D eigenvalue weighted by molar-refractivity contribution is 5.94. The number of benzene rings is 1. The first-order valence-corrected chi connectivity index (χ1v) is 9.50. The fourth-order valence-electron chi connectivity index (χ4n) is 3.15. The van der Waals surface area contributed by atoms with Crippen LogP contribution >= 0.6 is 0 Å². The van der Waals surface area contributed by atoms with Gasteiger partial charge in [0, 0.05) is 42.9 Å². The molecule has 2 aromatic rings. The fraction of sp³-hybridized carbons (Fsp3) is 0.450. The standard InChI is InChI=1S/C20H24N4O3/c25-19(15-3-4-15)21-10-14-11-23-24(13-14)17-7-5-16(6-8-17)20(26)22-12-18-2-1-9-27-18/h5-8,11,13,15,18H,1-4,9-10,12H2,(H,21,25)(H,22,26)/t18-/m0/s1. The number of carbonyl (C=O) groups excluding carboxylic acids is 2. The second-order valence-electron chi connectivity index (χ2n) is 7.18. The quantitative estimate of drug-likeness (QED) is 0.781. The lowest BCUT2D eigenvalue weighted by molar-refractivity contribution is -0.122. The van der Waals surface area contributed by atoms with Gasteiger partial charge in [0.05, 0.1) is 18.0 Å². The molecule has 1 aliphatic heterocycles. The molecule has 0 spiro atoms. The number of aromatic nitrogens is 2. The van der Waals surface area contributed by atoms with E-state index in [1.54, 1.807) is 23.0 Å². The molecule has 1 saturated heterocycles. The van der Waals surface area contributed by atoms with E-state index in [1.165, 1.54) is 0 Å². The van der Waals surface area contributed by atoms with E-state index >= 15 is 0 Å². The Kier molecular flexibility index (Phi) is 5.20. The summed E-state index contributed by atoms with van der Waals surface area (Å²) in [5, 5.41) is 10.2. The van der Waals surface area contributed by atoms with E-state index in [0.717, 1.165) is 43.5 Å². The first kappa shape index (κ1) is 17.7. The minimum Gasteiger partial charge on any atom is -0.376 e. The third-order valence-corrected chi connectivity index (χ3v) is 4.96. The molecule has 1 aromatic carbocycles. The molecule has 0 radical (unpaired) electrons. The Balaban J connectivity index is 1.31. The van der Waals surface area contributed by atoms with Crippen molar-refractivity contribution in [3.8, 4) is 5.69 Å². The van der Waals surface area contributed by atoms with Gasteiger partial charge >= 0.3 is 0 Å². The maximum atomic E-state index is 12.2. The van der Waals surface area contributed by atoms with Gasteiger partial charge in [-0.15, -0.1) is 0 Å². The number of carbonyl (C=O) groups is 2. The number of nitrogens with zero attached hydrogens (tertiary/aromatic N) is 2. The predicted octanol–water partition coefficient (Wildman–Crippen LogP) is 1.81. The van der Waals surface area contributed by atoms with Crippen molar-refractivity contribution in [3.05, 3.63) is 47.8 Å². The molecule has 0 unspecified atom stereocenters. The minimum atomic E-state index is -0.0963. The molecule has 4 rings (SSSR count). The minimum absolute atomic E-state index is 0.0963. The molecular formula is C20H24N4O3. The van der Waals surface area contributed by atoms with Crippen LogP contribution in [0.5, 0.6) is 0 Å². The summed E-state index contributed by atoms with van der Waals surface area (Å²) in [6.45, 7) is 1.82. The van der Waals surface area contributed by atoms with E-state index < -0.39 is 0 Å². The largest absolute Gasteiger partial charge is 0.376 e. The van der Waals surface area contributed by atoms with Crippen LogP contribution in [0.3, 0.4) is 0 Å². The van der Waals surface area contributed by atoms with E-state index in [9.17, 15) is 9.59 Å². The van der Waals surface area contributed by atoms with Crippen molar-refractivity contribution in [2.24, 2.45) is 5.92 Å². The van der Waals surface area contributed by atoms with Crippen LogP contribution in [0, 0.1) is 5.92 Å². The van der Waals surface area contributed by atoms with Crippen molar-refractivity contribution in [1.82, 2.24) is 20.4 Å². The lowest BCUT2D eigenvalue weighted by Crippen LogP contribution is -2.31. The van der Waals surface area contributed by atoms with Gasteiger partial charge in [-0.25, -0.2) is 4.68 Å². The van der Waals surface area contributed by atoms with Crippen molar-refractivity contribution in [2.45, 2.75) is 38.3 Å². The number of hydrogen-bond donors (Lipinski definition) is 2. The highest BCUT2D eigenvalue weighted by Crippen LogP contribution is 2.28. The van der Waals surface area contributed by atoms with Gasteiger partial charge in [0.2, 0.25) is 5.91 Å². The molecule has 142 valence electrons. The smallest absolute Gasteiger partial charge is 0.251 e. The first-order chi connectivity index (χ1) is 13.2. The van der Waals surface area contributed by atoms with Crippen LogP contribution in [0.4, 0.5) is 0 Å². The molecule has 0 bridgehead atoms. The average molecular weight is 368 g/mol. The molecule has 2 aliphatic rings. The van der Waals surface area contributed by atoms with Crippen LogP contribution in [0.25, 0.3) is 5.69 Å². The Morgan fingerprint density at radius 3 is 2.67 bits per heavy atom. The van der Waals surface area contributed by atoms with Crippen LogP contribution < -0.4 is 10.6 Å². The predicted molar refractivity (Wildman–Crippen MR) is 99.4 cm³/mol. The van der Waals surface area contributed by atoms with E-state index in [4.69, 9.17) is 4.74 Å². The van der Waals surface area contributed by atoms with Crippen molar-refractivity contribution in [1.29, 1.82) is 0 Å². The maximum Gasteiger partial charge on any atom is 0.251 e. The Hall–Kier alpha value is -2.67. The molecule has 1 atom stereocenters. The molecule has 1 aliphatic carbocycles. The summed E-state index contributed by atoms with van der Waals surface area (Å²) in [4.78, 5) is 23.9. The van der Waals surface area contributed by atoms with Gasteiger partial charge < -0.3 is 15.4 Å². The summed E-state index contributed by atoms with van der Waals surface area (Å²) >= 11 is 0. The topological polar surface area (TPSA) is 85.2 Å². The Morgan fingerprint density at radius 1 is 1.15 bits per heavy atom. The molecule has 7 heteroatoms. The average Bonchev–Trinajstić information content (AvgIpc) is 3.22. The second-order valence-corrected chi connectivity index (χ2v) is 7.18. The van der Waals surface area contributed by atoms with Crippen LogP contribution in [0.1, 0.15) is 41.6 Å². The van der Waals surface area contributed by atoms with E-state index in [2.05, 4.69) is 15.7 Å². The molecule has 1 saturated carbocycles. The van der Waals surface area contributed by atoms with Crippen molar-refractivity contribution >= 4 is 11.8 Å². The highest BCUT2D eigenvalue weighted by atomic mass is 16.5. The summed E-state index contributed by atoms with van der Waals surface area (Å²) < 4.78 is 7.26. The van der Waals surface area contributed by atoms with Gasteiger partial charge in [0.1, 0.15) is 0 Å². The Morgan fingerprint density at radius 2 is 1.96 bits per heavy atom. The van der Waals surface area contributed by atoms with Crippen LogP contribution in [0.2, 0.25) is 0 Å². The molecule has 2 heterocycles. The van der Waals surface area contributed by atoms with Crippen molar-refractivity contribution in [3.63, 3.8) is 0 Å². The van der Waals surface area contributed by atoms with Gasteiger partial charge in [-0.1, -0.05) is 0 Å². The zero-order chi connectivity index (χ0) is 18.6. The maximum absolute atomic E-state index is 12.2. The third kappa shape index (κ3) is 4.54. The lowest BCUT2D eigenvalue weighted by Gasteiger charge is -2.11. The van der Waals surface area contributed by atoms with E-state index in [-0.39, 0.29) is 23.8 Å². The van der Waals surface area contributed by atoms with Crippen LogP contribution in [-0.4, -0.2) is 40.9 Å². The van der Waals surface area contributed by atoms with Gasteiger partial charge in [0.15, 0.2) is 0 Å². The summed E-state index contributed by atoms with van der Waals surface area (Å²) in [6.07, 6.45) is 7.83. The zero-order valence-corrected chi connectivity index (χ0v) is 15.2. The Bertz CT molecular complexity index is 805. The number of rotatable bonds is 7. The SMILES string of the molecule is O=C(NC[C@@H]1CCCO1)c1ccc(-n2cc(CNC(=O)C3CC3)cn2)cc1. The lowest BCUT2D eigenvalue weighted by atomic mass is 10.2. The van der Waals surface area contributed by atoms with Crippen LogP contribution in [0.15, 0.2) is 36.7 Å². The molecule has 2 fully saturated rings. The molecule has 2 N–H and O–H groups in total. The van der Waals surface area contributed by atoms with Gasteiger partial charge in [-0.3, -0.25) is 9.59 Å². The van der Waals surface area contributed by atoms with Gasteiger partial charge in [0.25, 0.3) is 5.91 Å². The van der Waals surface area contributed by atoms with Gasteiger partial charge in [-0.2, -0.15) is 5.10 Å². The van der Waals surface area contributed by atoms with E-state index in [0.29, 0.717) is 18.7 Å². The summed E-state index contributed by atoms with van der Waals surface area (Å²) in [7, 11) is 0. The fourth-order valence-corrected chi connectivity index (χ4v) is 3.15.